The number of ether oxygens (including phenoxy) is 2. The fourth-order valence-electron chi connectivity index (χ4n) is 5.65. The first kappa shape index (κ1) is 25.0. The minimum absolute atomic E-state index is 0.184. The maximum absolute atomic E-state index is 6.58. The molecule has 4 atom stereocenters. The largest absolute Gasteiger partial charge is 0.499 e. The Labute approximate surface area is 224 Å². The molecule has 36 heavy (non-hydrogen) atoms. The van der Waals surface area contributed by atoms with E-state index in [4.69, 9.17) is 45.4 Å². The third kappa shape index (κ3) is 4.08. The van der Waals surface area contributed by atoms with E-state index in [9.17, 15) is 0 Å². The average molecular weight is 578 g/mol. The SMILES string of the molecule is CC1(C)COc2ccc(Br)c3c2B(OC3C([NH3+])CC2(C)COc3ccc(Cl)c4c3B(OC4CN)O2)O1. The van der Waals surface area contributed by atoms with E-state index in [1.165, 1.54) is 0 Å². The van der Waals surface area contributed by atoms with Crippen LogP contribution < -0.4 is 31.9 Å². The summed E-state index contributed by atoms with van der Waals surface area (Å²) < 4.78 is 38.9. The Bertz CT molecular complexity index is 1220. The Kier molecular flexibility index (Phi) is 6.17. The number of quaternary nitrogens is 1. The van der Waals surface area contributed by atoms with Crippen molar-refractivity contribution < 1.29 is 33.8 Å². The Balaban J connectivity index is 1.28. The van der Waals surface area contributed by atoms with E-state index in [1.54, 1.807) is 0 Å². The third-order valence-electron chi connectivity index (χ3n) is 7.29. The highest BCUT2D eigenvalue weighted by Gasteiger charge is 2.52. The molecule has 6 rings (SSSR count). The van der Waals surface area contributed by atoms with E-state index in [1.807, 2.05) is 45.0 Å². The zero-order valence-electron chi connectivity index (χ0n) is 20.5. The molecule has 2 aromatic carbocycles. The minimum Gasteiger partial charge on any atom is -0.491 e. The van der Waals surface area contributed by atoms with Crippen molar-refractivity contribution in [2.75, 3.05) is 19.8 Å². The van der Waals surface area contributed by atoms with E-state index in [0.717, 1.165) is 32.3 Å². The van der Waals surface area contributed by atoms with Gasteiger partial charge in [-0.2, -0.15) is 0 Å². The Morgan fingerprint density at radius 3 is 2.44 bits per heavy atom. The van der Waals surface area contributed by atoms with Crippen molar-refractivity contribution in [3.05, 3.63) is 44.9 Å². The number of hydrogen-bond donors (Lipinski definition) is 2. The van der Waals surface area contributed by atoms with Gasteiger partial charge in [0.2, 0.25) is 0 Å². The molecule has 0 aliphatic carbocycles. The van der Waals surface area contributed by atoms with Crippen LogP contribution in [0.5, 0.6) is 11.5 Å². The van der Waals surface area contributed by atoms with Crippen molar-refractivity contribution in [3.63, 3.8) is 0 Å². The summed E-state index contributed by atoms with van der Waals surface area (Å²) in [6.45, 7) is 7.09. The predicted molar refractivity (Wildman–Crippen MR) is 140 cm³/mol. The lowest BCUT2D eigenvalue weighted by Gasteiger charge is -2.33. The molecule has 0 saturated carbocycles. The van der Waals surface area contributed by atoms with Crippen molar-refractivity contribution in [3.8, 4) is 11.5 Å². The average Bonchev–Trinajstić information content (AvgIpc) is 3.30. The van der Waals surface area contributed by atoms with Crippen LogP contribution in [0.1, 0.15) is 50.5 Å². The van der Waals surface area contributed by atoms with Crippen molar-refractivity contribution in [2.45, 2.75) is 56.6 Å². The van der Waals surface area contributed by atoms with Gasteiger partial charge in [0.1, 0.15) is 36.9 Å². The molecule has 4 heterocycles. The molecule has 0 bridgehead atoms. The smallest absolute Gasteiger partial charge is 0.491 e. The van der Waals surface area contributed by atoms with Crippen LogP contribution in [-0.4, -0.2) is 51.2 Å². The standard InChI is InChI=1S/C24H28B2BrClN2O6/c1-23(2)10-31-15-6-4-12(27)18-20(15)26(35-23)34-22(18)14(30)8-24(3)11-32-16-7-5-13(28)19-17(9-29)33-25(36-24)21(16)19/h4-7,14,17,22H,8-11,29-30H2,1-3H3/p+1. The molecule has 4 aliphatic rings. The van der Waals surface area contributed by atoms with Crippen LogP contribution in [0.3, 0.4) is 0 Å². The molecule has 4 aliphatic heterocycles. The first-order valence-corrected chi connectivity index (χ1v) is 13.4. The monoisotopic (exact) mass is 577 g/mol. The van der Waals surface area contributed by atoms with Crippen molar-refractivity contribution >= 4 is 52.7 Å². The molecule has 0 radical (unpaired) electrons. The fraction of sp³-hybridized carbons (Fsp3) is 0.500. The molecule has 0 aromatic heterocycles. The second kappa shape index (κ2) is 8.88. The highest BCUT2D eigenvalue weighted by atomic mass is 79.9. The molecule has 8 nitrogen and oxygen atoms in total. The summed E-state index contributed by atoms with van der Waals surface area (Å²) in [7, 11) is -1.15. The Morgan fingerprint density at radius 2 is 1.69 bits per heavy atom. The molecular weight excluding hydrogens is 549 g/mol. The molecule has 2 aromatic rings. The molecule has 4 unspecified atom stereocenters. The highest BCUT2D eigenvalue weighted by molar-refractivity contribution is 9.10. The van der Waals surface area contributed by atoms with E-state index >= 15 is 0 Å². The van der Waals surface area contributed by atoms with Gasteiger partial charge in [-0.05, 0) is 45.0 Å². The fourth-order valence-corrected chi connectivity index (χ4v) is 6.51. The quantitative estimate of drug-likeness (QED) is 0.532. The van der Waals surface area contributed by atoms with Crippen LogP contribution in [0.15, 0.2) is 28.7 Å². The topological polar surface area (TPSA) is 109 Å². The second-order valence-electron chi connectivity index (χ2n) is 10.8. The van der Waals surface area contributed by atoms with Gasteiger partial charge < -0.3 is 39.6 Å². The first-order chi connectivity index (χ1) is 17.1. The van der Waals surface area contributed by atoms with Crippen molar-refractivity contribution in [2.24, 2.45) is 5.73 Å². The van der Waals surface area contributed by atoms with Gasteiger partial charge in [-0.15, -0.1) is 0 Å². The predicted octanol–water partition coefficient (Wildman–Crippen LogP) is 1.65. The summed E-state index contributed by atoms with van der Waals surface area (Å²) in [5, 5.41) is 0.603. The molecule has 0 saturated heterocycles. The second-order valence-corrected chi connectivity index (χ2v) is 12.1. The summed E-state index contributed by atoms with van der Waals surface area (Å²) in [5.74, 6) is 1.50. The lowest BCUT2D eigenvalue weighted by molar-refractivity contribution is -0.443. The van der Waals surface area contributed by atoms with Crippen LogP contribution in [0, 0.1) is 0 Å². The van der Waals surface area contributed by atoms with Gasteiger partial charge in [0, 0.05) is 44.5 Å². The molecule has 12 heteroatoms. The highest BCUT2D eigenvalue weighted by Crippen LogP contribution is 2.42. The molecule has 0 amide bonds. The number of nitrogens with two attached hydrogens (primary N) is 1. The van der Waals surface area contributed by atoms with Crippen molar-refractivity contribution in [1.29, 1.82) is 0 Å². The molecule has 190 valence electrons. The van der Waals surface area contributed by atoms with Gasteiger partial charge in [0.25, 0.3) is 0 Å². The summed E-state index contributed by atoms with van der Waals surface area (Å²) >= 11 is 10.2. The normalized spacial score (nSPS) is 28.5. The van der Waals surface area contributed by atoms with Crippen LogP contribution in [0.2, 0.25) is 5.02 Å². The van der Waals surface area contributed by atoms with Gasteiger partial charge in [0.05, 0.1) is 17.3 Å². The Morgan fingerprint density at radius 1 is 1.03 bits per heavy atom. The first-order valence-electron chi connectivity index (χ1n) is 12.2. The number of hydrogen-bond acceptors (Lipinski definition) is 7. The van der Waals surface area contributed by atoms with E-state index in [0.29, 0.717) is 37.0 Å². The molecular formula is C24H29B2BrClN2O6+. The number of benzene rings is 2. The van der Waals surface area contributed by atoms with Crippen LogP contribution in [-0.2, 0) is 18.6 Å². The van der Waals surface area contributed by atoms with Crippen LogP contribution >= 0.6 is 27.5 Å². The number of rotatable bonds is 4. The minimum atomic E-state index is -0.706. The lowest BCUT2D eigenvalue weighted by Crippen LogP contribution is -2.66. The summed E-state index contributed by atoms with van der Waals surface area (Å²) in [4.78, 5) is 0. The van der Waals surface area contributed by atoms with Crippen LogP contribution in [0.25, 0.3) is 0 Å². The van der Waals surface area contributed by atoms with Crippen LogP contribution in [0.4, 0.5) is 0 Å². The molecule has 0 fully saturated rings. The Hall–Kier alpha value is -1.30. The summed E-state index contributed by atoms with van der Waals surface area (Å²) in [6, 6.07) is 7.45. The zero-order chi connectivity index (χ0) is 25.4. The summed E-state index contributed by atoms with van der Waals surface area (Å²) in [5.41, 5.74) is 12.9. The lowest BCUT2D eigenvalue weighted by atomic mass is 9.76. The van der Waals surface area contributed by atoms with E-state index < -0.39 is 25.4 Å². The maximum atomic E-state index is 6.58. The third-order valence-corrected chi connectivity index (χ3v) is 8.31. The van der Waals surface area contributed by atoms with Gasteiger partial charge in [-0.1, -0.05) is 27.5 Å². The maximum Gasteiger partial charge on any atom is 0.499 e. The van der Waals surface area contributed by atoms with E-state index in [-0.39, 0.29) is 18.2 Å². The van der Waals surface area contributed by atoms with Gasteiger partial charge in [-0.25, -0.2) is 0 Å². The zero-order valence-corrected chi connectivity index (χ0v) is 22.9. The van der Waals surface area contributed by atoms with Gasteiger partial charge >= 0.3 is 14.2 Å². The van der Waals surface area contributed by atoms with E-state index in [2.05, 4.69) is 21.7 Å². The van der Waals surface area contributed by atoms with Gasteiger partial charge in [0.15, 0.2) is 0 Å². The molecule has 0 spiro atoms. The molecule has 5 N–H and O–H groups in total. The van der Waals surface area contributed by atoms with Crippen molar-refractivity contribution in [1.82, 2.24) is 0 Å². The number of halogens is 2. The van der Waals surface area contributed by atoms with Gasteiger partial charge in [-0.3, -0.25) is 0 Å². The summed E-state index contributed by atoms with van der Waals surface area (Å²) in [6.07, 6.45) is -0.117.